The van der Waals surface area contributed by atoms with E-state index < -0.39 is 5.41 Å². The summed E-state index contributed by atoms with van der Waals surface area (Å²) in [7, 11) is 1.64. The lowest BCUT2D eigenvalue weighted by Crippen LogP contribution is -2.40. The molecule has 6 rings (SSSR count). The summed E-state index contributed by atoms with van der Waals surface area (Å²) in [4.78, 5) is 0. The molecule has 0 bridgehead atoms. The van der Waals surface area contributed by atoms with E-state index >= 15 is 0 Å². The predicted octanol–water partition coefficient (Wildman–Crippen LogP) is 7.16. The summed E-state index contributed by atoms with van der Waals surface area (Å²) < 4.78 is 33.5. The van der Waals surface area contributed by atoms with Crippen LogP contribution in [0.1, 0.15) is 23.1 Å². The van der Waals surface area contributed by atoms with Crippen LogP contribution in [0.3, 0.4) is 0 Å². The van der Waals surface area contributed by atoms with E-state index in [0.717, 1.165) is 61.9 Å². The Morgan fingerprint density at radius 3 is 1.52 bits per heavy atom. The molecule has 3 aromatic carbocycles. The smallest absolute Gasteiger partial charge is 0.148 e. The summed E-state index contributed by atoms with van der Waals surface area (Å²) in [5.74, 6) is 5.01. The molecule has 5 nitrogen and oxygen atoms in total. The maximum Gasteiger partial charge on any atom is 0.148 e. The zero-order chi connectivity index (χ0) is 21.3. The number of benzene rings is 3. The third-order valence-corrected chi connectivity index (χ3v) is 8.50. The van der Waals surface area contributed by atoms with Crippen molar-refractivity contribution in [1.29, 1.82) is 0 Å². The van der Waals surface area contributed by atoms with Crippen molar-refractivity contribution in [2.24, 2.45) is 0 Å². The van der Waals surface area contributed by atoms with Crippen molar-refractivity contribution in [3.05, 3.63) is 63.8 Å². The first-order valence-electron chi connectivity index (χ1n) is 9.65. The van der Waals surface area contributed by atoms with Gasteiger partial charge in [-0.15, -0.1) is 0 Å². The Labute approximate surface area is 220 Å². The van der Waals surface area contributed by atoms with Gasteiger partial charge in [0.25, 0.3) is 0 Å². The minimum atomic E-state index is -0.494. The van der Waals surface area contributed by atoms with Crippen LogP contribution in [0.5, 0.6) is 34.5 Å². The summed E-state index contributed by atoms with van der Waals surface area (Å²) in [5.41, 5.74) is 2.66. The number of halogens is 3. The van der Waals surface area contributed by atoms with E-state index in [1.165, 1.54) is 0 Å². The average Bonchev–Trinajstić information content (AvgIpc) is 2.77. The van der Waals surface area contributed by atoms with Gasteiger partial charge in [0.15, 0.2) is 0 Å². The zero-order valence-corrected chi connectivity index (χ0v) is 22.7. The van der Waals surface area contributed by atoms with E-state index in [2.05, 4.69) is 67.8 Å². The van der Waals surface area contributed by atoms with Gasteiger partial charge in [-0.3, -0.25) is 0 Å². The summed E-state index contributed by atoms with van der Waals surface area (Å²) in [6, 6.07) is 12.3. The Kier molecular flexibility index (Phi) is 5.09. The van der Waals surface area contributed by atoms with E-state index in [1.54, 1.807) is 7.11 Å². The molecule has 0 atom stereocenters. The zero-order valence-electron chi connectivity index (χ0n) is 16.3. The maximum absolute atomic E-state index is 6.48. The Morgan fingerprint density at radius 2 is 1.13 bits per heavy atom. The van der Waals surface area contributed by atoms with E-state index in [1.807, 2.05) is 36.4 Å². The topological polar surface area (TPSA) is 46.2 Å². The molecule has 3 aliphatic heterocycles. The molecule has 8 heteroatoms. The Balaban J connectivity index is 1.73. The molecule has 158 valence electrons. The van der Waals surface area contributed by atoms with Crippen molar-refractivity contribution < 1.29 is 23.7 Å². The number of rotatable bonds is 5. The van der Waals surface area contributed by atoms with Crippen molar-refractivity contribution in [2.75, 3.05) is 20.5 Å². The molecule has 0 unspecified atom stereocenters. The first kappa shape index (κ1) is 20.8. The molecule has 0 saturated heterocycles. The fourth-order valence-corrected chi connectivity index (χ4v) is 6.51. The van der Waals surface area contributed by atoms with E-state index in [-0.39, 0.29) is 6.79 Å². The van der Waals surface area contributed by atoms with Crippen molar-refractivity contribution in [3.63, 3.8) is 0 Å². The van der Waals surface area contributed by atoms with Gasteiger partial charge in [0.2, 0.25) is 0 Å². The normalized spacial score (nSPS) is 15.5. The van der Waals surface area contributed by atoms with Crippen LogP contribution in [0.15, 0.2) is 36.4 Å². The van der Waals surface area contributed by atoms with Crippen LogP contribution in [0.25, 0.3) is 0 Å². The highest BCUT2D eigenvalue weighted by atomic mass is 127. The van der Waals surface area contributed by atoms with Crippen molar-refractivity contribution in [2.45, 2.75) is 11.8 Å². The van der Waals surface area contributed by atoms with E-state index in [9.17, 15) is 0 Å². The lowest BCUT2D eigenvalue weighted by atomic mass is 9.63. The first-order valence-corrected chi connectivity index (χ1v) is 12.9. The third kappa shape index (κ3) is 2.83. The lowest BCUT2D eigenvalue weighted by Gasteiger charge is -2.48. The van der Waals surface area contributed by atoms with Crippen LogP contribution >= 0.6 is 67.8 Å². The van der Waals surface area contributed by atoms with Gasteiger partial charge in [0.1, 0.15) is 41.3 Å². The highest BCUT2D eigenvalue weighted by molar-refractivity contribution is 14.1. The van der Waals surface area contributed by atoms with Crippen molar-refractivity contribution in [3.8, 4) is 34.5 Å². The van der Waals surface area contributed by atoms with Crippen LogP contribution < -0.4 is 14.2 Å². The molecule has 3 aliphatic rings. The molecule has 0 amide bonds. The molecule has 0 aliphatic carbocycles. The Bertz CT molecular complexity index is 1110. The van der Waals surface area contributed by atoms with Crippen LogP contribution in [0.2, 0.25) is 0 Å². The predicted molar refractivity (Wildman–Crippen MR) is 140 cm³/mol. The molecule has 0 N–H and O–H groups in total. The van der Waals surface area contributed by atoms with Crippen molar-refractivity contribution in [1.82, 2.24) is 0 Å². The molecule has 3 heterocycles. The number of hydrogen-bond acceptors (Lipinski definition) is 5. The first-order chi connectivity index (χ1) is 15.1. The van der Waals surface area contributed by atoms with Gasteiger partial charge in [-0.1, -0.05) is 0 Å². The maximum atomic E-state index is 6.48. The standard InChI is InChI=1S/C23H15I3O5/c1-27-10-28-9-8-23-17-14-5-2-11(24)20(17)30-15-6-3-13(26)22(18(15)23)31-16-7-4-12(25)21(29-14)19(16)23/h2-7H,8-10H2,1H3. The van der Waals surface area contributed by atoms with Gasteiger partial charge in [-0.2, -0.15) is 0 Å². The highest BCUT2D eigenvalue weighted by Crippen LogP contribution is 2.68. The van der Waals surface area contributed by atoms with Crippen LogP contribution in [0, 0.1) is 10.7 Å². The van der Waals surface area contributed by atoms with Gasteiger partial charge in [-0.25, -0.2) is 0 Å². The summed E-state index contributed by atoms with van der Waals surface area (Å²) >= 11 is 7.01. The minimum Gasteiger partial charge on any atom is -0.455 e. The molecule has 0 fully saturated rings. The number of hydrogen-bond donors (Lipinski definition) is 0. The second-order valence-electron chi connectivity index (χ2n) is 7.53. The van der Waals surface area contributed by atoms with Gasteiger partial charge in [0.05, 0.1) is 39.4 Å². The van der Waals surface area contributed by atoms with Gasteiger partial charge >= 0.3 is 0 Å². The molecule has 0 aromatic heterocycles. The van der Waals surface area contributed by atoms with Crippen LogP contribution in [0.4, 0.5) is 0 Å². The molecule has 0 saturated carbocycles. The minimum absolute atomic E-state index is 0.254. The highest BCUT2D eigenvalue weighted by Gasteiger charge is 2.56. The molecule has 31 heavy (non-hydrogen) atoms. The fraction of sp³-hybridized carbons (Fsp3) is 0.217. The van der Waals surface area contributed by atoms with Gasteiger partial charge < -0.3 is 23.7 Å². The van der Waals surface area contributed by atoms with Crippen LogP contribution in [-0.4, -0.2) is 20.5 Å². The Morgan fingerprint density at radius 1 is 0.710 bits per heavy atom. The molecule has 0 radical (unpaired) electrons. The van der Waals surface area contributed by atoms with Crippen LogP contribution in [-0.2, 0) is 14.9 Å². The van der Waals surface area contributed by atoms with Gasteiger partial charge in [-0.05, 0) is 111 Å². The van der Waals surface area contributed by atoms with Crippen molar-refractivity contribution >= 4 is 67.8 Å². The average molecular weight is 752 g/mol. The second-order valence-corrected chi connectivity index (χ2v) is 11.0. The quantitative estimate of drug-likeness (QED) is 0.123. The SMILES string of the molecule is COCOCCC12c3c4ccc(I)c3Oc3ccc(I)c(c31)Oc1ccc(I)c(c12)O4. The fourth-order valence-electron chi connectivity index (χ4n) is 4.83. The summed E-state index contributed by atoms with van der Waals surface area (Å²) in [5, 5.41) is 0. The van der Waals surface area contributed by atoms with Gasteiger partial charge in [0, 0.05) is 7.11 Å². The monoisotopic (exact) mass is 752 g/mol. The lowest BCUT2D eigenvalue weighted by molar-refractivity contribution is -0.0343. The molecular weight excluding hydrogens is 737 g/mol. The third-order valence-electron chi connectivity index (χ3n) is 5.95. The molecule has 3 aromatic rings. The summed E-state index contributed by atoms with van der Waals surface area (Å²) in [6.07, 6.45) is 0.715. The second kappa shape index (κ2) is 7.61. The largest absolute Gasteiger partial charge is 0.455 e. The Hall–Kier alpha value is -0.830. The molecular formula is C23H15I3O5. The molecule has 0 spiro atoms. The number of ether oxygens (including phenoxy) is 5. The van der Waals surface area contributed by atoms with E-state index in [4.69, 9.17) is 23.7 Å². The van der Waals surface area contributed by atoms with E-state index in [0.29, 0.717) is 13.0 Å². The summed E-state index contributed by atoms with van der Waals surface area (Å²) in [6.45, 7) is 0.774. The number of methoxy groups -OCH3 is 1.